The average Bonchev–Trinajstić information content (AvgIpc) is 2.49. The van der Waals surface area contributed by atoms with Crippen molar-refractivity contribution in [2.45, 2.75) is 78.2 Å². The molecule has 0 aromatic rings. The van der Waals surface area contributed by atoms with Crippen LogP contribution >= 0.6 is 15.9 Å². The van der Waals surface area contributed by atoms with Crippen LogP contribution in [0.3, 0.4) is 0 Å². The van der Waals surface area contributed by atoms with E-state index in [2.05, 4.69) is 26.0 Å². The Balaban J connectivity index is 0.000000506. The Bertz CT molecular complexity index is 349. The summed E-state index contributed by atoms with van der Waals surface area (Å²) >= 11 is 3.28. The van der Waals surface area contributed by atoms with Crippen LogP contribution in [0, 0.1) is 5.92 Å². The van der Waals surface area contributed by atoms with Gasteiger partial charge in [0, 0.05) is 18.8 Å². The molecule has 1 aliphatic carbocycles. The second-order valence-electron chi connectivity index (χ2n) is 7.12. The molecule has 0 bridgehead atoms. The normalized spacial score (nSPS) is 15.0. The predicted molar refractivity (Wildman–Crippen MR) is 100 cm³/mol. The maximum atomic E-state index is 11.4. The molecule has 1 fully saturated rings. The number of ether oxygens (including phenoxy) is 2. The van der Waals surface area contributed by atoms with Gasteiger partial charge in [-0.2, -0.15) is 0 Å². The molecule has 0 aromatic carbocycles. The number of carbonyl (C=O) groups is 2. The lowest BCUT2D eigenvalue weighted by Crippen LogP contribution is -2.35. The first-order valence-corrected chi connectivity index (χ1v) is 10.0. The quantitative estimate of drug-likeness (QED) is 0.389. The van der Waals surface area contributed by atoms with Gasteiger partial charge >= 0.3 is 12.1 Å². The van der Waals surface area contributed by atoms with Crippen LogP contribution in [0.25, 0.3) is 0 Å². The minimum Gasteiger partial charge on any atom is -0.466 e. The molecule has 1 rings (SSSR count). The number of alkyl carbamates (subject to hydrolysis) is 1. The van der Waals surface area contributed by atoms with E-state index in [1.807, 2.05) is 20.8 Å². The van der Waals surface area contributed by atoms with Crippen molar-refractivity contribution in [2.75, 3.05) is 18.5 Å². The molecule has 142 valence electrons. The predicted octanol–water partition coefficient (Wildman–Crippen LogP) is 4.82. The minimum atomic E-state index is -0.392. The number of hydrogen-bond acceptors (Lipinski definition) is 4. The molecule has 1 saturated carbocycles. The van der Waals surface area contributed by atoms with Crippen molar-refractivity contribution < 1.29 is 19.1 Å². The fraction of sp³-hybridized carbons (Fsp3) is 0.889. The van der Waals surface area contributed by atoms with E-state index in [1.165, 1.54) is 39.0 Å². The number of rotatable bonds is 6. The van der Waals surface area contributed by atoms with E-state index in [0.29, 0.717) is 12.5 Å². The molecule has 0 spiro atoms. The highest BCUT2D eigenvalue weighted by Crippen LogP contribution is 2.22. The number of halogens is 1. The second kappa shape index (κ2) is 13.5. The van der Waals surface area contributed by atoms with Crippen LogP contribution in [0.15, 0.2) is 0 Å². The summed E-state index contributed by atoms with van der Waals surface area (Å²) in [6.45, 7) is 8.40. The number of amides is 1. The Kier molecular flexibility index (Phi) is 13.1. The number of nitrogens with one attached hydrogen (secondary N) is 1. The van der Waals surface area contributed by atoms with E-state index in [0.717, 1.165) is 24.7 Å². The maximum Gasteiger partial charge on any atom is 0.407 e. The van der Waals surface area contributed by atoms with E-state index in [1.54, 1.807) is 0 Å². The van der Waals surface area contributed by atoms with Crippen LogP contribution in [-0.4, -0.2) is 36.1 Å². The third kappa shape index (κ3) is 16.1. The smallest absolute Gasteiger partial charge is 0.407 e. The highest BCUT2D eigenvalue weighted by molar-refractivity contribution is 9.09. The third-order valence-electron chi connectivity index (χ3n) is 3.49. The zero-order valence-electron chi connectivity index (χ0n) is 15.7. The summed E-state index contributed by atoms with van der Waals surface area (Å²) in [4.78, 5) is 21.5. The maximum absolute atomic E-state index is 11.4. The van der Waals surface area contributed by atoms with Crippen molar-refractivity contribution in [3.8, 4) is 0 Å². The van der Waals surface area contributed by atoms with Gasteiger partial charge in [0.1, 0.15) is 5.60 Å². The molecule has 5 nitrogen and oxygen atoms in total. The Morgan fingerprint density at radius 3 is 2.25 bits per heavy atom. The molecule has 1 amide bonds. The molecule has 0 radical (unpaired) electrons. The zero-order chi connectivity index (χ0) is 18.4. The van der Waals surface area contributed by atoms with Crippen LogP contribution in [0.2, 0.25) is 0 Å². The molecule has 0 saturated heterocycles. The fourth-order valence-corrected chi connectivity index (χ4v) is 2.74. The molecule has 1 N–H and O–H groups in total. The lowest BCUT2D eigenvalue weighted by molar-refractivity contribution is -0.141. The molecule has 6 heteroatoms. The molecule has 0 aliphatic heterocycles. The number of hydrogen-bond donors (Lipinski definition) is 1. The van der Waals surface area contributed by atoms with Crippen molar-refractivity contribution in [3.05, 3.63) is 0 Å². The van der Waals surface area contributed by atoms with Crippen LogP contribution < -0.4 is 5.32 Å². The van der Waals surface area contributed by atoms with Crippen molar-refractivity contribution in [1.29, 1.82) is 0 Å². The first-order chi connectivity index (χ1) is 11.2. The summed E-state index contributed by atoms with van der Waals surface area (Å²) < 4.78 is 9.86. The van der Waals surface area contributed by atoms with Crippen LogP contribution in [0.1, 0.15) is 72.6 Å². The van der Waals surface area contributed by atoms with E-state index >= 15 is 0 Å². The van der Waals surface area contributed by atoms with Crippen molar-refractivity contribution in [3.63, 3.8) is 0 Å². The number of esters is 1. The lowest BCUT2D eigenvalue weighted by atomic mass is 9.89. The Morgan fingerprint density at radius 2 is 1.75 bits per heavy atom. The largest absolute Gasteiger partial charge is 0.466 e. The third-order valence-corrected chi connectivity index (χ3v) is 4.05. The Morgan fingerprint density at radius 1 is 1.12 bits per heavy atom. The van der Waals surface area contributed by atoms with Gasteiger partial charge < -0.3 is 14.8 Å². The second-order valence-corrected chi connectivity index (χ2v) is 7.92. The summed E-state index contributed by atoms with van der Waals surface area (Å²) in [7, 11) is 0. The standard InChI is InChI=1S/C12H23NO2.C6H11BrO2/c1-12(2,3)15-11(14)13-9-10-7-5-4-6-8-10;1-6(8)9-5-3-2-4-7/h10H,4-9H2,1-3H3,(H,13,14);2-5H2,1H3. The van der Waals surface area contributed by atoms with Gasteiger partial charge in [-0.25, -0.2) is 4.79 Å². The van der Waals surface area contributed by atoms with E-state index < -0.39 is 5.60 Å². The molecular formula is C18H34BrNO4. The van der Waals surface area contributed by atoms with E-state index in [-0.39, 0.29) is 12.1 Å². The SMILES string of the molecule is CC(=O)OCCCCBr.CC(C)(C)OC(=O)NCC1CCCCC1. The van der Waals surface area contributed by atoms with Crippen LogP contribution in [0.4, 0.5) is 4.79 Å². The van der Waals surface area contributed by atoms with Crippen LogP contribution in [-0.2, 0) is 14.3 Å². The lowest BCUT2D eigenvalue weighted by Gasteiger charge is -2.24. The topological polar surface area (TPSA) is 64.6 Å². The number of alkyl halides is 1. The highest BCUT2D eigenvalue weighted by Gasteiger charge is 2.18. The molecule has 0 atom stereocenters. The first kappa shape index (κ1) is 23.2. The molecular weight excluding hydrogens is 374 g/mol. The van der Waals surface area contributed by atoms with Gasteiger partial charge in [-0.1, -0.05) is 35.2 Å². The summed E-state index contributed by atoms with van der Waals surface area (Å²) in [5.41, 5.74) is -0.392. The Labute approximate surface area is 155 Å². The summed E-state index contributed by atoms with van der Waals surface area (Å²) in [6, 6.07) is 0. The van der Waals surface area contributed by atoms with E-state index in [9.17, 15) is 9.59 Å². The van der Waals surface area contributed by atoms with Gasteiger partial charge in [0.15, 0.2) is 0 Å². The van der Waals surface area contributed by atoms with Crippen molar-refractivity contribution >= 4 is 28.0 Å². The first-order valence-electron chi connectivity index (χ1n) is 8.90. The van der Waals surface area contributed by atoms with Crippen molar-refractivity contribution in [1.82, 2.24) is 5.32 Å². The molecule has 1 aliphatic rings. The Hall–Kier alpha value is -0.780. The van der Waals surface area contributed by atoms with Gasteiger partial charge in [0.25, 0.3) is 0 Å². The van der Waals surface area contributed by atoms with Gasteiger partial charge in [0.2, 0.25) is 0 Å². The molecule has 0 aromatic heterocycles. The van der Waals surface area contributed by atoms with Gasteiger partial charge in [-0.05, 0) is 52.4 Å². The number of unbranched alkanes of at least 4 members (excludes halogenated alkanes) is 1. The summed E-state index contributed by atoms with van der Waals surface area (Å²) in [5.74, 6) is 0.468. The monoisotopic (exact) mass is 407 g/mol. The zero-order valence-corrected chi connectivity index (χ0v) is 17.2. The molecule has 0 unspecified atom stereocenters. The molecule has 24 heavy (non-hydrogen) atoms. The van der Waals surface area contributed by atoms with Crippen molar-refractivity contribution in [2.24, 2.45) is 5.92 Å². The minimum absolute atomic E-state index is 0.190. The molecule has 0 heterocycles. The van der Waals surface area contributed by atoms with Crippen LogP contribution in [0.5, 0.6) is 0 Å². The average molecular weight is 408 g/mol. The van der Waals surface area contributed by atoms with E-state index in [4.69, 9.17) is 4.74 Å². The summed E-state index contributed by atoms with van der Waals surface area (Å²) in [6.07, 6.45) is 8.18. The van der Waals surface area contributed by atoms with Gasteiger partial charge in [-0.15, -0.1) is 0 Å². The van der Waals surface area contributed by atoms with Gasteiger partial charge in [0.05, 0.1) is 6.61 Å². The number of carbonyl (C=O) groups excluding carboxylic acids is 2. The van der Waals surface area contributed by atoms with Gasteiger partial charge in [-0.3, -0.25) is 4.79 Å². The highest BCUT2D eigenvalue weighted by atomic mass is 79.9. The summed E-state index contributed by atoms with van der Waals surface area (Å²) in [5, 5.41) is 3.83. The fourth-order valence-electron chi connectivity index (χ4n) is 2.35.